The van der Waals surface area contributed by atoms with E-state index in [0.717, 1.165) is 41.6 Å². The SMILES string of the molecule is CSCCCOc1ccc(CNC2CC2)cc1Br. The molecule has 0 amide bonds. The van der Waals surface area contributed by atoms with Gasteiger partial charge in [0.15, 0.2) is 0 Å². The Labute approximate surface area is 122 Å². The van der Waals surface area contributed by atoms with Gasteiger partial charge in [-0.25, -0.2) is 0 Å². The average molecular weight is 330 g/mol. The molecule has 1 N–H and O–H groups in total. The van der Waals surface area contributed by atoms with Crippen LogP contribution in [0.25, 0.3) is 0 Å². The van der Waals surface area contributed by atoms with Gasteiger partial charge in [0, 0.05) is 12.6 Å². The van der Waals surface area contributed by atoms with E-state index >= 15 is 0 Å². The molecule has 0 aliphatic heterocycles. The van der Waals surface area contributed by atoms with Crippen molar-refractivity contribution in [1.29, 1.82) is 0 Å². The molecule has 0 spiro atoms. The zero-order chi connectivity index (χ0) is 12.8. The van der Waals surface area contributed by atoms with Crippen molar-refractivity contribution in [2.24, 2.45) is 0 Å². The molecule has 1 aromatic carbocycles. The summed E-state index contributed by atoms with van der Waals surface area (Å²) in [4.78, 5) is 0. The highest BCUT2D eigenvalue weighted by Gasteiger charge is 2.19. The Morgan fingerprint density at radius 1 is 1.44 bits per heavy atom. The fourth-order valence-electron chi connectivity index (χ4n) is 1.71. The molecule has 0 saturated heterocycles. The third-order valence-electron chi connectivity index (χ3n) is 2.92. The maximum absolute atomic E-state index is 5.75. The monoisotopic (exact) mass is 329 g/mol. The summed E-state index contributed by atoms with van der Waals surface area (Å²) >= 11 is 5.44. The fourth-order valence-corrected chi connectivity index (χ4v) is 2.65. The molecule has 1 fully saturated rings. The summed E-state index contributed by atoms with van der Waals surface area (Å²) in [6.07, 6.45) is 5.88. The van der Waals surface area contributed by atoms with Gasteiger partial charge in [0.1, 0.15) is 5.75 Å². The predicted molar refractivity (Wildman–Crippen MR) is 82.5 cm³/mol. The second-order valence-electron chi connectivity index (χ2n) is 4.61. The Morgan fingerprint density at radius 3 is 2.94 bits per heavy atom. The van der Waals surface area contributed by atoms with Crippen LogP contribution in [0.3, 0.4) is 0 Å². The van der Waals surface area contributed by atoms with Gasteiger partial charge in [-0.15, -0.1) is 0 Å². The maximum Gasteiger partial charge on any atom is 0.133 e. The minimum Gasteiger partial charge on any atom is -0.492 e. The smallest absolute Gasteiger partial charge is 0.133 e. The van der Waals surface area contributed by atoms with Gasteiger partial charge in [-0.1, -0.05) is 6.07 Å². The molecule has 2 rings (SSSR count). The van der Waals surface area contributed by atoms with E-state index in [1.54, 1.807) is 0 Å². The fraction of sp³-hybridized carbons (Fsp3) is 0.571. The molecule has 1 aliphatic rings. The van der Waals surface area contributed by atoms with E-state index < -0.39 is 0 Å². The molecule has 1 saturated carbocycles. The molecule has 1 aliphatic carbocycles. The van der Waals surface area contributed by atoms with Crippen LogP contribution < -0.4 is 10.1 Å². The van der Waals surface area contributed by atoms with Gasteiger partial charge in [0.25, 0.3) is 0 Å². The Hall–Kier alpha value is -0.190. The molecule has 0 aromatic heterocycles. The van der Waals surface area contributed by atoms with Crippen molar-refractivity contribution in [3.05, 3.63) is 28.2 Å². The summed E-state index contributed by atoms with van der Waals surface area (Å²) in [6.45, 7) is 1.75. The van der Waals surface area contributed by atoms with Gasteiger partial charge in [-0.05, 0) is 64.9 Å². The van der Waals surface area contributed by atoms with Crippen molar-refractivity contribution in [2.45, 2.75) is 31.8 Å². The lowest BCUT2D eigenvalue weighted by atomic mass is 10.2. The van der Waals surface area contributed by atoms with E-state index in [9.17, 15) is 0 Å². The molecule has 2 nitrogen and oxygen atoms in total. The van der Waals surface area contributed by atoms with Crippen molar-refractivity contribution in [3.63, 3.8) is 0 Å². The number of nitrogens with one attached hydrogen (secondary N) is 1. The topological polar surface area (TPSA) is 21.3 Å². The first-order valence-electron chi connectivity index (χ1n) is 6.43. The molecule has 100 valence electrons. The van der Waals surface area contributed by atoms with Crippen LogP contribution in [0.1, 0.15) is 24.8 Å². The molecule has 0 heterocycles. The Morgan fingerprint density at radius 2 is 2.28 bits per heavy atom. The highest BCUT2D eigenvalue weighted by molar-refractivity contribution is 9.10. The lowest BCUT2D eigenvalue weighted by Gasteiger charge is -2.10. The van der Waals surface area contributed by atoms with Crippen LogP contribution in [0.4, 0.5) is 0 Å². The van der Waals surface area contributed by atoms with Crippen molar-refractivity contribution in [3.8, 4) is 5.75 Å². The molecular weight excluding hydrogens is 310 g/mol. The second kappa shape index (κ2) is 7.41. The second-order valence-corrected chi connectivity index (χ2v) is 6.45. The van der Waals surface area contributed by atoms with Crippen molar-refractivity contribution >= 4 is 27.7 Å². The van der Waals surface area contributed by atoms with Crippen LogP contribution >= 0.6 is 27.7 Å². The van der Waals surface area contributed by atoms with Crippen LogP contribution in [-0.2, 0) is 6.54 Å². The van der Waals surface area contributed by atoms with Crippen LogP contribution in [-0.4, -0.2) is 24.7 Å². The summed E-state index contributed by atoms with van der Waals surface area (Å²) < 4.78 is 6.81. The van der Waals surface area contributed by atoms with E-state index in [2.05, 4.69) is 45.7 Å². The maximum atomic E-state index is 5.75. The summed E-state index contributed by atoms with van der Waals surface area (Å²) in [5, 5.41) is 3.52. The first kappa shape index (κ1) is 14.2. The molecule has 0 unspecified atom stereocenters. The Kier molecular flexibility index (Phi) is 5.86. The number of halogens is 1. The number of benzene rings is 1. The van der Waals surface area contributed by atoms with Crippen molar-refractivity contribution in [2.75, 3.05) is 18.6 Å². The largest absolute Gasteiger partial charge is 0.492 e. The Balaban J connectivity index is 1.79. The minimum atomic E-state index is 0.756. The molecule has 0 atom stereocenters. The van der Waals surface area contributed by atoms with E-state index in [1.807, 2.05) is 11.8 Å². The average Bonchev–Trinajstić information content (AvgIpc) is 3.18. The highest BCUT2D eigenvalue weighted by Crippen LogP contribution is 2.27. The predicted octanol–water partition coefficient (Wildman–Crippen LogP) is 3.83. The summed E-state index contributed by atoms with van der Waals surface area (Å²) in [6, 6.07) is 7.11. The first-order chi connectivity index (χ1) is 8.79. The van der Waals surface area contributed by atoms with E-state index in [-0.39, 0.29) is 0 Å². The number of rotatable bonds is 8. The zero-order valence-corrected chi connectivity index (χ0v) is 13.1. The van der Waals surface area contributed by atoms with E-state index in [0.29, 0.717) is 0 Å². The lowest BCUT2D eigenvalue weighted by molar-refractivity contribution is 0.316. The van der Waals surface area contributed by atoms with Crippen LogP contribution in [0.5, 0.6) is 5.75 Å². The van der Waals surface area contributed by atoms with Crippen LogP contribution in [0.2, 0.25) is 0 Å². The standard InChI is InChI=1S/C14H20BrNOS/c1-18-8-2-7-17-14-6-3-11(9-13(14)15)10-16-12-4-5-12/h3,6,9,12,16H,2,4-5,7-8,10H2,1H3. The summed E-state index contributed by atoms with van der Waals surface area (Å²) in [5.41, 5.74) is 1.31. The van der Waals surface area contributed by atoms with Gasteiger partial charge < -0.3 is 10.1 Å². The number of thioether (sulfide) groups is 1. The van der Waals surface area contributed by atoms with Gasteiger partial charge >= 0.3 is 0 Å². The number of hydrogen-bond acceptors (Lipinski definition) is 3. The number of hydrogen-bond donors (Lipinski definition) is 1. The summed E-state index contributed by atoms with van der Waals surface area (Å²) in [5.74, 6) is 2.10. The third-order valence-corrected chi connectivity index (χ3v) is 4.24. The van der Waals surface area contributed by atoms with Gasteiger partial charge in [0.2, 0.25) is 0 Å². The molecule has 0 radical (unpaired) electrons. The minimum absolute atomic E-state index is 0.756. The molecule has 1 aromatic rings. The van der Waals surface area contributed by atoms with Crippen molar-refractivity contribution < 1.29 is 4.74 Å². The normalized spacial score (nSPS) is 14.8. The lowest BCUT2D eigenvalue weighted by Crippen LogP contribution is -2.15. The van der Waals surface area contributed by atoms with Gasteiger partial charge in [0.05, 0.1) is 11.1 Å². The summed E-state index contributed by atoms with van der Waals surface area (Å²) in [7, 11) is 0. The molecule has 4 heteroatoms. The van der Waals surface area contributed by atoms with Gasteiger partial charge in [-0.3, -0.25) is 0 Å². The highest BCUT2D eigenvalue weighted by atomic mass is 79.9. The van der Waals surface area contributed by atoms with Crippen LogP contribution in [0.15, 0.2) is 22.7 Å². The third kappa shape index (κ3) is 4.82. The van der Waals surface area contributed by atoms with Crippen molar-refractivity contribution in [1.82, 2.24) is 5.32 Å². The Bertz CT molecular complexity index is 382. The van der Waals surface area contributed by atoms with Crippen LogP contribution in [0, 0.1) is 0 Å². The molecule has 18 heavy (non-hydrogen) atoms. The zero-order valence-electron chi connectivity index (χ0n) is 10.7. The first-order valence-corrected chi connectivity index (χ1v) is 8.62. The van der Waals surface area contributed by atoms with E-state index in [1.165, 1.54) is 18.4 Å². The van der Waals surface area contributed by atoms with E-state index in [4.69, 9.17) is 4.74 Å². The quantitative estimate of drug-likeness (QED) is 0.732. The number of ether oxygens (including phenoxy) is 1. The molecule has 0 bridgehead atoms. The van der Waals surface area contributed by atoms with Gasteiger partial charge in [-0.2, -0.15) is 11.8 Å². The molecular formula is C14H20BrNOS.